The molecule has 0 radical (unpaired) electrons. The summed E-state index contributed by atoms with van der Waals surface area (Å²) in [5.74, 6) is -0.374. The second-order valence-electron chi connectivity index (χ2n) is 8.51. The van der Waals surface area contributed by atoms with E-state index in [-0.39, 0.29) is 22.9 Å². The predicted octanol–water partition coefficient (Wildman–Crippen LogP) is 4.62. The van der Waals surface area contributed by atoms with E-state index in [2.05, 4.69) is 17.4 Å². The lowest BCUT2D eigenvalue weighted by Crippen LogP contribution is -2.37. The second-order valence-corrected chi connectivity index (χ2v) is 10.5. The molecule has 0 aliphatic heterocycles. The van der Waals surface area contributed by atoms with Gasteiger partial charge in [-0.15, -0.1) is 11.3 Å². The molecule has 0 bridgehead atoms. The number of nitro benzene ring substituents is 1. The molecule has 0 fully saturated rings. The fourth-order valence-electron chi connectivity index (χ4n) is 4.28. The summed E-state index contributed by atoms with van der Waals surface area (Å²) in [5.41, 5.74) is 7.68. The number of carbonyl (C=O) groups excluding carboxylic acids is 1. The van der Waals surface area contributed by atoms with E-state index in [1.54, 1.807) is 28.0 Å². The van der Waals surface area contributed by atoms with Gasteiger partial charge in [0.25, 0.3) is 11.2 Å². The highest BCUT2D eigenvalue weighted by molar-refractivity contribution is 7.99. The van der Waals surface area contributed by atoms with Gasteiger partial charge in [0.15, 0.2) is 5.16 Å². The molecule has 0 spiro atoms. The summed E-state index contributed by atoms with van der Waals surface area (Å²) in [7, 11) is 0. The molecule has 0 atom stereocenters. The molecule has 0 unspecified atom stereocenters. The third-order valence-electron chi connectivity index (χ3n) is 6.06. The maximum atomic E-state index is 13.7. The van der Waals surface area contributed by atoms with Crippen LogP contribution in [0.3, 0.4) is 0 Å². The number of para-hydroxylation sites is 1. The van der Waals surface area contributed by atoms with Crippen LogP contribution >= 0.6 is 23.1 Å². The third-order valence-corrected chi connectivity index (χ3v) is 8.19. The van der Waals surface area contributed by atoms with E-state index in [0.717, 1.165) is 31.2 Å². The maximum Gasteiger partial charge on any atom is 0.270 e. The number of hydrogen-bond acceptors (Lipinski definition) is 8. The van der Waals surface area contributed by atoms with Crippen molar-refractivity contribution in [2.45, 2.75) is 30.8 Å². The Morgan fingerprint density at radius 2 is 1.92 bits per heavy atom. The molecular weight excluding hydrogens is 510 g/mol. The van der Waals surface area contributed by atoms with E-state index >= 15 is 0 Å². The number of hydrogen-bond donors (Lipinski definition) is 2. The summed E-state index contributed by atoms with van der Waals surface area (Å²) in [6, 6.07) is 15.3. The van der Waals surface area contributed by atoms with Gasteiger partial charge >= 0.3 is 0 Å². The van der Waals surface area contributed by atoms with E-state index in [4.69, 9.17) is 4.98 Å². The van der Waals surface area contributed by atoms with Crippen LogP contribution in [0.2, 0.25) is 0 Å². The van der Waals surface area contributed by atoms with Crippen LogP contribution in [0.1, 0.15) is 28.8 Å². The lowest BCUT2D eigenvalue weighted by atomic mass is 9.97. The molecule has 188 valence electrons. The molecule has 37 heavy (non-hydrogen) atoms. The summed E-state index contributed by atoms with van der Waals surface area (Å²) in [4.78, 5) is 43.6. The first kappa shape index (κ1) is 24.7. The fourth-order valence-corrected chi connectivity index (χ4v) is 6.39. The number of fused-ring (bicyclic) bond motifs is 3. The molecule has 5 rings (SSSR count). The number of carbonyl (C=O) groups is 1. The fraction of sp³-hybridized carbons (Fsp3) is 0.192. The number of aryl methyl sites for hydroxylation is 2. The molecule has 1 aliphatic carbocycles. The standard InChI is InChI=1S/C26H23N5O4S2/c1-16(17-8-7-11-19(14-17)31(34)35)28-29-22(32)15-36-26-27-24-23(20-12-5-6-13-21(20)37-24)25(33)30(26)18-9-3-2-4-10-18/h2-4,7-11,14,28H,1,5-6,12-13,15H2,(H,29,32). The minimum atomic E-state index is -0.494. The predicted molar refractivity (Wildman–Crippen MR) is 146 cm³/mol. The highest BCUT2D eigenvalue weighted by Crippen LogP contribution is 2.35. The Hall–Kier alpha value is -3.96. The first-order valence-corrected chi connectivity index (χ1v) is 13.5. The molecule has 11 heteroatoms. The number of thioether (sulfide) groups is 1. The number of nitrogens with zero attached hydrogens (tertiary/aromatic N) is 3. The molecule has 0 saturated heterocycles. The smallest absolute Gasteiger partial charge is 0.270 e. The summed E-state index contributed by atoms with van der Waals surface area (Å²) in [6.07, 6.45) is 4.03. The summed E-state index contributed by atoms with van der Waals surface area (Å²) in [6.45, 7) is 3.84. The van der Waals surface area contributed by atoms with Crippen molar-refractivity contribution in [2.75, 3.05) is 5.75 Å². The molecule has 2 N–H and O–H groups in total. The van der Waals surface area contributed by atoms with Crippen LogP contribution < -0.4 is 16.4 Å². The summed E-state index contributed by atoms with van der Waals surface area (Å²) < 4.78 is 1.58. The van der Waals surface area contributed by atoms with Crippen LogP contribution in [0.5, 0.6) is 0 Å². The van der Waals surface area contributed by atoms with Crippen molar-refractivity contribution in [3.8, 4) is 5.69 Å². The normalized spacial score (nSPS) is 12.6. The van der Waals surface area contributed by atoms with E-state index in [1.165, 1.54) is 28.8 Å². The minimum absolute atomic E-state index is 0.00884. The van der Waals surface area contributed by atoms with Gasteiger partial charge in [-0.3, -0.25) is 35.1 Å². The molecule has 0 saturated carbocycles. The minimum Gasteiger partial charge on any atom is -0.299 e. The Morgan fingerprint density at radius 3 is 2.70 bits per heavy atom. The molecule has 2 aromatic carbocycles. The van der Waals surface area contributed by atoms with Gasteiger partial charge in [-0.2, -0.15) is 0 Å². The van der Waals surface area contributed by atoms with Crippen LogP contribution in [-0.4, -0.2) is 26.1 Å². The summed E-state index contributed by atoms with van der Waals surface area (Å²) in [5, 5.41) is 12.1. The van der Waals surface area contributed by atoms with Crippen molar-refractivity contribution in [2.24, 2.45) is 0 Å². The van der Waals surface area contributed by atoms with E-state index in [9.17, 15) is 19.7 Å². The zero-order chi connectivity index (χ0) is 25.9. The number of nitrogens with one attached hydrogen (secondary N) is 2. The van der Waals surface area contributed by atoms with E-state index in [0.29, 0.717) is 32.3 Å². The molecule has 1 amide bonds. The van der Waals surface area contributed by atoms with Crippen molar-refractivity contribution >= 4 is 50.6 Å². The monoisotopic (exact) mass is 533 g/mol. The number of thiophene rings is 1. The zero-order valence-corrected chi connectivity index (χ0v) is 21.4. The average Bonchev–Trinajstić information content (AvgIpc) is 3.29. The highest BCUT2D eigenvalue weighted by Gasteiger charge is 2.23. The number of benzene rings is 2. The summed E-state index contributed by atoms with van der Waals surface area (Å²) >= 11 is 2.74. The first-order chi connectivity index (χ1) is 17.9. The molecule has 1 aliphatic rings. The van der Waals surface area contributed by atoms with Crippen molar-refractivity contribution in [1.82, 2.24) is 20.4 Å². The largest absolute Gasteiger partial charge is 0.299 e. The van der Waals surface area contributed by atoms with Gasteiger partial charge in [0.2, 0.25) is 5.91 Å². The van der Waals surface area contributed by atoms with Crippen LogP contribution in [0.15, 0.2) is 71.1 Å². The van der Waals surface area contributed by atoms with Crippen LogP contribution in [0.4, 0.5) is 5.69 Å². The van der Waals surface area contributed by atoms with Gasteiger partial charge in [0, 0.05) is 22.6 Å². The maximum absolute atomic E-state index is 13.7. The first-order valence-electron chi connectivity index (χ1n) is 11.7. The molecular formula is C26H23N5O4S2. The second kappa shape index (κ2) is 10.6. The number of hydrazine groups is 1. The van der Waals surface area contributed by atoms with Crippen LogP contribution in [0.25, 0.3) is 21.6 Å². The van der Waals surface area contributed by atoms with Crippen molar-refractivity contribution in [3.63, 3.8) is 0 Å². The van der Waals surface area contributed by atoms with Gasteiger partial charge < -0.3 is 0 Å². The number of nitro groups is 1. The number of non-ortho nitro benzene ring substituents is 1. The third kappa shape index (κ3) is 5.13. The Bertz CT molecular complexity index is 1580. The lowest BCUT2D eigenvalue weighted by Gasteiger charge is -2.14. The Morgan fingerprint density at radius 1 is 1.14 bits per heavy atom. The number of rotatable bonds is 8. The van der Waals surface area contributed by atoms with Gasteiger partial charge in [-0.1, -0.05) is 48.7 Å². The van der Waals surface area contributed by atoms with E-state index < -0.39 is 4.92 Å². The average molecular weight is 534 g/mol. The topological polar surface area (TPSA) is 119 Å². The van der Waals surface area contributed by atoms with Gasteiger partial charge in [0.05, 0.1) is 27.4 Å². The van der Waals surface area contributed by atoms with Gasteiger partial charge in [0.1, 0.15) is 4.83 Å². The number of amides is 1. The zero-order valence-electron chi connectivity index (χ0n) is 19.7. The molecule has 2 heterocycles. The van der Waals surface area contributed by atoms with Crippen LogP contribution in [-0.2, 0) is 17.6 Å². The highest BCUT2D eigenvalue weighted by atomic mass is 32.2. The van der Waals surface area contributed by atoms with Crippen molar-refractivity contribution in [1.29, 1.82) is 0 Å². The Balaban J connectivity index is 1.36. The van der Waals surface area contributed by atoms with Crippen LogP contribution in [0, 0.1) is 10.1 Å². The Labute approximate surface area is 220 Å². The van der Waals surface area contributed by atoms with Crippen molar-refractivity contribution in [3.05, 3.63) is 97.6 Å². The lowest BCUT2D eigenvalue weighted by molar-refractivity contribution is -0.384. The number of aromatic nitrogens is 2. The van der Waals surface area contributed by atoms with Crippen molar-refractivity contribution < 1.29 is 9.72 Å². The van der Waals surface area contributed by atoms with E-state index in [1.807, 2.05) is 30.3 Å². The molecule has 9 nitrogen and oxygen atoms in total. The SMILES string of the molecule is C=C(NNC(=O)CSc1nc2sc3c(c2c(=O)n1-c1ccccc1)CCCC3)c1cccc([N+](=O)[O-])c1. The quantitative estimate of drug-likeness (QED) is 0.147. The Kier molecular flexibility index (Phi) is 7.06. The molecule has 4 aromatic rings. The van der Waals surface area contributed by atoms with Gasteiger partial charge in [-0.25, -0.2) is 4.98 Å². The van der Waals surface area contributed by atoms with Gasteiger partial charge in [-0.05, 0) is 43.4 Å². The molecule has 2 aromatic heterocycles.